The van der Waals surface area contributed by atoms with Crippen LogP contribution in [0, 0.1) is 11.2 Å². The number of nitrogens with two attached hydrogens (primary N) is 1. The lowest BCUT2D eigenvalue weighted by Gasteiger charge is -2.60. The van der Waals surface area contributed by atoms with E-state index >= 15 is 0 Å². The third-order valence-electron chi connectivity index (χ3n) is 6.03. The van der Waals surface area contributed by atoms with Crippen LogP contribution < -0.4 is 11.1 Å². The Kier molecular flexibility index (Phi) is 3.27. The van der Waals surface area contributed by atoms with Crippen molar-refractivity contribution in [2.24, 2.45) is 18.2 Å². The fourth-order valence-electron chi connectivity index (χ4n) is 4.43. The first-order valence-corrected chi connectivity index (χ1v) is 8.32. The minimum absolute atomic E-state index is 0.172. The van der Waals surface area contributed by atoms with Gasteiger partial charge in [-0.2, -0.15) is 0 Å². The molecule has 4 rings (SSSR count). The van der Waals surface area contributed by atoms with E-state index in [1.807, 2.05) is 17.7 Å². The number of hydrogen-bond acceptors (Lipinski definition) is 2. The second kappa shape index (κ2) is 5.07. The summed E-state index contributed by atoms with van der Waals surface area (Å²) in [7, 11) is 1.98. The van der Waals surface area contributed by atoms with Gasteiger partial charge in [-0.25, -0.2) is 4.39 Å². The summed E-state index contributed by atoms with van der Waals surface area (Å²) in [5.41, 5.74) is 8.87. The lowest BCUT2D eigenvalue weighted by molar-refractivity contribution is -0.0420. The lowest BCUT2D eigenvalue weighted by Crippen LogP contribution is -2.69. The zero-order chi connectivity index (χ0) is 15.3. The third kappa shape index (κ3) is 2.01. The van der Waals surface area contributed by atoms with Gasteiger partial charge in [0.25, 0.3) is 0 Å². The average Bonchev–Trinajstić information content (AvgIpc) is 2.72. The first-order chi connectivity index (χ1) is 10.6. The summed E-state index contributed by atoms with van der Waals surface area (Å²) in [5, 5.41) is 4.87. The second-order valence-electron chi connectivity index (χ2n) is 7.11. The maximum Gasteiger partial charge on any atom is 0.125 e. The quantitative estimate of drug-likeness (QED) is 0.912. The highest BCUT2D eigenvalue weighted by Gasteiger charge is 2.56. The van der Waals surface area contributed by atoms with Gasteiger partial charge in [0, 0.05) is 36.1 Å². The largest absolute Gasteiger partial charge is 0.350 e. The number of hydrogen-bond donors (Lipinski definition) is 2. The van der Waals surface area contributed by atoms with Crippen LogP contribution in [0.5, 0.6) is 0 Å². The molecule has 118 valence electrons. The first-order valence-electron chi connectivity index (χ1n) is 8.32. The van der Waals surface area contributed by atoms with Crippen molar-refractivity contribution in [3.8, 4) is 0 Å². The zero-order valence-corrected chi connectivity index (χ0v) is 13.1. The molecule has 4 heteroatoms. The van der Waals surface area contributed by atoms with E-state index in [1.165, 1.54) is 24.8 Å². The standard InChI is InChI=1S/C18H24FN3/c1-22-11-12(14-4-3-13(19)9-15(14)22)5-8-21-17-10-16(20)18(17)6-2-7-18/h3-4,9,11,16-17,21H,2,5-8,10,20H2,1H3. The van der Waals surface area contributed by atoms with E-state index in [-0.39, 0.29) is 5.82 Å². The van der Waals surface area contributed by atoms with Crippen molar-refractivity contribution in [3.05, 3.63) is 35.8 Å². The SMILES string of the molecule is Cn1cc(CCNC2CC(N)C23CCC3)c2ccc(F)cc21. The summed E-state index contributed by atoms with van der Waals surface area (Å²) < 4.78 is 15.4. The summed E-state index contributed by atoms with van der Waals surface area (Å²) >= 11 is 0. The normalized spacial score (nSPS) is 26.1. The van der Waals surface area contributed by atoms with Crippen LogP contribution in [-0.2, 0) is 13.5 Å². The summed E-state index contributed by atoms with van der Waals surface area (Å²) in [5.74, 6) is -0.172. The highest BCUT2D eigenvalue weighted by molar-refractivity contribution is 5.84. The van der Waals surface area contributed by atoms with Gasteiger partial charge < -0.3 is 15.6 Å². The van der Waals surface area contributed by atoms with Gasteiger partial charge in [0.05, 0.1) is 5.52 Å². The minimum Gasteiger partial charge on any atom is -0.350 e. The summed E-state index contributed by atoms with van der Waals surface area (Å²) in [6.07, 6.45) is 8.13. The third-order valence-corrected chi connectivity index (χ3v) is 6.03. The Morgan fingerprint density at radius 1 is 1.41 bits per heavy atom. The van der Waals surface area contributed by atoms with Crippen LogP contribution in [0.3, 0.4) is 0 Å². The molecule has 2 fully saturated rings. The van der Waals surface area contributed by atoms with Gasteiger partial charge in [-0.15, -0.1) is 0 Å². The monoisotopic (exact) mass is 301 g/mol. The van der Waals surface area contributed by atoms with Gasteiger partial charge in [-0.3, -0.25) is 0 Å². The van der Waals surface area contributed by atoms with Crippen molar-refractivity contribution in [3.63, 3.8) is 0 Å². The summed E-state index contributed by atoms with van der Waals surface area (Å²) in [4.78, 5) is 0. The highest BCUT2D eigenvalue weighted by Crippen LogP contribution is 2.54. The van der Waals surface area contributed by atoms with Crippen LogP contribution in [0.25, 0.3) is 10.9 Å². The highest BCUT2D eigenvalue weighted by atomic mass is 19.1. The van der Waals surface area contributed by atoms with Crippen LogP contribution in [0.15, 0.2) is 24.4 Å². The molecule has 1 aromatic carbocycles. The van der Waals surface area contributed by atoms with Crippen LogP contribution >= 0.6 is 0 Å². The molecule has 0 bridgehead atoms. The van der Waals surface area contributed by atoms with E-state index in [9.17, 15) is 4.39 Å². The molecule has 2 aliphatic carbocycles. The number of nitrogens with zero attached hydrogens (tertiary/aromatic N) is 1. The fraction of sp³-hybridized carbons (Fsp3) is 0.556. The Morgan fingerprint density at radius 2 is 2.23 bits per heavy atom. The number of aromatic nitrogens is 1. The molecule has 2 atom stereocenters. The molecule has 2 aromatic rings. The zero-order valence-electron chi connectivity index (χ0n) is 13.1. The van der Waals surface area contributed by atoms with Crippen molar-refractivity contribution in [1.82, 2.24) is 9.88 Å². The predicted octanol–water partition coefficient (Wildman–Crippen LogP) is 2.72. The summed E-state index contributed by atoms with van der Waals surface area (Å²) in [6.45, 7) is 0.968. The average molecular weight is 301 g/mol. The number of rotatable bonds is 4. The van der Waals surface area contributed by atoms with Crippen molar-refractivity contribution in [2.75, 3.05) is 6.54 Å². The lowest BCUT2D eigenvalue weighted by atomic mass is 9.50. The number of aryl methyl sites for hydroxylation is 1. The van der Waals surface area contributed by atoms with Crippen molar-refractivity contribution in [1.29, 1.82) is 0 Å². The van der Waals surface area contributed by atoms with Crippen molar-refractivity contribution in [2.45, 2.75) is 44.2 Å². The second-order valence-corrected chi connectivity index (χ2v) is 7.11. The molecule has 3 nitrogen and oxygen atoms in total. The molecule has 0 aliphatic heterocycles. The molecular weight excluding hydrogens is 277 g/mol. The molecule has 2 saturated carbocycles. The van der Waals surface area contributed by atoms with Crippen LogP contribution in [0.4, 0.5) is 4.39 Å². The van der Waals surface area contributed by atoms with Crippen molar-refractivity contribution < 1.29 is 4.39 Å². The molecular formula is C18H24FN3. The molecule has 2 aliphatic rings. The van der Waals surface area contributed by atoms with E-state index in [0.29, 0.717) is 17.5 Å². The first kappa shape index (κ1) is 14.2. The van der Waals surface area contributed by atoms with E-state index in [0.717, 1.165) is 30.3 Å². The Hall–Kier alpha value is -1.39. The molecule has 1 heterocycles. The van der Waals surface area contributed by atoms with E-state index in [2.05, 4.69) is 11.5 Å². The molecule has 0 saturated heterocycles. The van der Waals surface area contributed by atoms with Gasteiger partial charge in [0.15, 0.2) is 0 Å². The minimum atomic E-state index is -0.172. The molecule has 1 aromatic heterocycles. The van der Waals surface area contributed by atoms with Gasteiger partial charge in [0.2, 0.25) is 0 Å². The number of benzene rings is 1. The molecule has 0 radical (unpaired) electrons. The molecule has 0 amide bonds. The predicted molar refractivity (Wildman–Crippen MR) is 87.2 cm³/mol. The molecule has 22 heavy (non-hydrogen) atoms. The Labute approximate surface area is 130 Å². The topological polar surface area (TPSA) is 43.0 Å². The Bertz CT molecular complexity index is 702. The molecule has 3 N–H and O–H groups in total. The van der Waals surface area contributed by atoms with Crippen LogP contribution in [-0.4, -0.2) is 23.2 Å². The van der Waals surface area contributed by atoms with Crippen LogP contribution in [0.2, 0.25) is 0 Å². The van der Waals surface area contributed by atoms with Crippen LogP contribution in [0.1, 0.15) is 31.2 Å². The number of halogens is 1. The number of nitrogens with one attached hydrogen (secondary N) is 1. The van der Waals surface area contributed by atoms with Gasteiger partial charge in [-0.05, 0) is 56.0 Å². The van der Waals surface area contributed by atoms with Gasteiger partial charge in [0.1, 0.15) is 5.82 Å². The summed E-state index contributed by atoms with van der Waals surface area (Å²) in [6, 6.07) is 6.06. The van der Waals surface area contributed by atoms with E-state index < -0.39 is 0 Å². The molecule has 1 spiro atoms. The van der Waals surface area contributed by atoms with Gasteiger partial charge in [-0.1, -0.05) is 6.42 Å². The smallest absolute Gasteiger partial charge is 0.125 e. The molecule has 2 unspecified atom stereocenters. The maximum atomic E-state index is 13.4. The maximum absolute atomic E-state index is 13.4. The number of fused-ring (bicyclic) bond motifs is 1. The van der Waals surface area contributed by atoms with Gasteiger partial charge >= 0.3 is 0 Å². The Morgan fingerprint density at radius 3 is 2.91 bits per heavy atom. The fourth-order valence-corrected chi connectivity index (χ4v) is 4.43. The Balaban J connectivity index is 1.42. The van der Waals surface area contributed by atoms with E-state index in [4.69, 9.17) is 5.73 Å². The van der Waals surface area contributed by atoms with Crippen molar-refractivity contribution >= 4 is 10.9 Å². The van der Waals surface area contributed by atoms with E-state index in [1.54, 1.807) is 12.1 Å².